The van der Waals surface area contributed by atoms with Crippen LogP contribution in [0.15, 0.2) is 48.5 Å². The van der Waals surface area contributed by atoms with Crippen molar-refractivity contribution in [1.82, 2.24) is 5.32 Å². The molecule has 0 saturated carbocycles. The van der Waals surface area contributed by atoms with Crippen molar-refractivity contribution in [2.45, 2.75) is 25.8 Å². The number of carbonyl (C=O) groups excluding carboxylic acids is 2. The van der Waals surface area contributed by atoms with Crippen LogP contribution in [0.1, 0.15) is 30.5 Å². The van der Waals surface area contributed by atoms with Crippen LogP contribution >= 0.6 is 0 Å². The Labute approximate surface area is 162 Å². The molecular formula is C21H22N2O5. The molecule has 1 unspecified atom stereocenters. The number of carbonyl (C=O) groups is 3. The molecule has 1 atom stereocenters. The minimum absolute atomic E-state index is 0.0278. The highest BCUT2D eigenvalue weighted by molar-refractivity contribution is 6.01. The number of ether oxygens (including phenoxy) is 1. The van der Waals surface area contributed by atoms with Gasteiger partial charge in [-0.15, -0.1) is 0 Å². The van der Waals surface area contributed by atoms with Crippen molar-refractivity contribution in [3.63, 3.8) is 0 Å². The number of benzene rings is 2. The quantitative estimate of drug-likeness (QED) is 0.766. The third-order valence-corrected chi connectivity index (χ3v) is 4.61. The van der Waals surface area contributed by atoms with E-state index in [0.29, 0.717) is 18.6 Å². The predicted octanol–water partition coefficient (Wildman–Crippen LogP) is 2.31. The summed E-state index contributed by atoms with van der Waals surface area (Å²) in [6, 6.07) is 14.2. The van der Waals surface area contributed by atoms with Crippen LogP contribution in [0.25, 0.3) is 0 Å². The second-order valence-electron chi connectivity index (χ2n) is 6.65. The smallest absolute Gasteiger partial charge is 0.341 e. The molecule has 2 N–H and O–H groups in total. The highest BCUT2D eigenvalue weighted by atomic mass is 16.5. The lowest BCUT2D eigenvalue weighted by Crippen LogP contribution is -2.43. The Balaban J connectivity index is 1.60. The maximum absolute atomic E-state index is 12.5. The van der Waals surface area contributed by atoms with Gasteiger partial charge in [0.25, 0.3) is 0 Å². The number of nitrogens with one attached hydrogen (secondary N) is 1. The van der Waals surface area contributed by atoms with Gasteiger partial charge in [-0.05, 0) is 42.7 Å². The lowest BCUT2D eigenvalue weighted by Gasteiger charge is -2.29. The molecule has 0 spiro atoms. The number of carboxylic acid groups (broad SMARTS) is 1. The molecule has 7 heteroatoms. The van der Waals surface area contributed by atoms with E-state index in [-0.39, 0.29) is 24.4 Å². The molecule has 2 aromatic rings. The van der Waals surface area contributed by atoms with Gasteiger partial charge in [-0.1, -0.05) is 30.3 Å². The number of para-hydroxylation sites is 1. The van der Waals surface area contributed by atoms with E-state index in [1.54, 1.807) is 24.3 Å². The number of amides is 2. The fraction of sp³-hybridized carbons (Fsp3) is 0.286. The largest absolute Gasteiger partial charge is 0.482 e. The first-order valence-electron chi connectivity index (χ1n) is 9.06. The fourth-order valence-corrected chi connectivity index (χ4v) is 3.18. The van der Waals surface area contributed by atoms with Crippen LogP contribution in [-0.4, -0.2) is 36.0 Å². The van der Waals surface area contributed by atoms with Gasteiger partial charge in [0.1, 0.15) is 12.3 Å². The van der Waals surface area contributed by atoms with Gasteiger partial charge >= 0.3 is 5.97 Å². The van der Waals surface area contributed by atoms with Crippen LogP contribution < -0.4 is 15.0 Å². The van der Waals surface area contributed by atoms with Gasteiger partial charge in [0.15, 0.2) is 6.61 Å². The van der Waals surface area contributed by atoms with Crippen molar-refractivity contribution in [1.29, 1.82) is 0 Å². The summed E-state index contributed by atoms with van der Waals surface area (Å²) in [4.78, 5) is 36.8. The molecule has 3 rings (SSSR count). The Morgan fingerprint density at radius 1 is 1.14 bits per heavy atom. The number of hydrogen-bond donors (Lipinski definition) is 2. The van der Waals surface area contributed by atoms with Crippen LogP contribution in [0.3, 0.4) is 0 Å². The molecule has 0 bridgehead atoms. The van der Waals surface area contributed by atoms with Crippen molar-refractivity contribution in [2.24, 2.45) is 0 Å². The average Bonchev–Trinajstić information content (AvgIpc) is 2.69. The summed E-state index contributed by atoms with van der Waals surface area (Å²) in [5.74, 6) is -0.899. The van der Waals surface area contributed by atoms with E-state index in [1.165, 1.54) is 4.90 Å². The second kappa shape index (κ2) is 8.56. The van der Waals surface area contributed by atoms with Gasteiger partial charge in [0.2, 0.25) is 11.8 Å². The minimum atomic E-state index is -1.04. The average molecular weight is 382 g/mol. The Morgan fingerprint density at radius 3 is 2.57 bits per heavy atom. The van der Waals surface area contributed by atoms with Crippen molar-refractivity contribution in [3.8, 4) is 5.75 Å². The third kappa shape index (κ3) is 4.68. The summed E-state index contributed by atoms with van der Waals surface area (Å²) in [6.07, 6.45) is 1.09. The molecule has 0 radical (unpaired) electrons. The fourth-order valence-electron chi connectivity index (χ4n) is 3.18. The molecule has 0 saturated heterocycles. The molecule has 146 valence electrons. The third-order valence-electron chi connectivity index (χ3n) is 4.61. The van der Waals surface area contributed by atoms with Crippen molar-refractivity contribution in [2.75, 3.05) is 18.1 Å². The molecule has 28 heavy (non-hydrogen) atoms. The Kier molecular flexibility index (Phi) is 5.93. The van der Waals surface area contributed by atoms with Gasteiger partial charge in [0, 0.05) is 12.1 Å². The molecule has 7 nitrogen and oxygen atoms in total. The standard InChI is InChI=1S/C21H22N2O5/c1-14(15-6-9-17(10-7-15)28-13-21(26)27)22-19(24)12-23-18-5-3-2-4-16(18)8-11-20(23)25/h2-7,9-10,14H,8,11-13H2,1H3,(H,22,24)(H,26,27). The Bertz CT molecular complexity index is 879. The first-order chi connectivity index (χ1) is 13.4. The van der Waals surface area contributed by atoms with Gasteiger partial charge in [-0.3, -0.25) is 9.59 Å². The maximum Gasteiger partial charge on any atom is 0.341 e. The zero-order valence-corrected chi connectivity index (χ0v) is 15.6. The summed E-state index contributed by atoms with van der Waals surface area (Å²) in [5, 5.41) is 11.5. The van der Waals surface area contributed by atoms with Crippen molar-refractivity contribution in [3.05, 3.63) is 59.7 Å². The van der Waals surface area contributed by atoms with E-state index in [0.717, 1.165) is 16.8 Å². The van der Waals surface area contributed by atoms with E-state index >= 15 is 0 Å². The number of fused-ring (bicyclic) bond motifs is 1. The number of rotatable bonds is 7. The molecule has 2 aromatic carbocycles. The molecule has 0 aliphatic carbocycles. The molecule has 0 aromatic heterocycles. The number of aliphatic carboxylic acids is 1. The lowest BCUT2D eigenvalue weighted by molar-refractivity contribution is -0.139. The van der Waals surface area contributed by atoms with Crippen molar-refractivity contribution >= 4 is 23.5 Å². The number of anilines is 1. The van der Waals surface area contributed by atoms with Crippen LogP contribution in [0.2, 0.25) is 0 Å². The summed E-state index contributed by atoms with van der Waals surface area (Å²) < 4.78 is 5.10. The first kappa shape index (κ1) is 19.4. The number of hydrogen-bond acceptors (Lipinski definition) is 4. The van der Waals surface area contributed by atoms with Crippen LogP contribution in [-0.2, 0) is 20.8 Å². The Hall–Kier alpha value is -3.35. The second-order valence-corrected chi connectivity index (χ2v) is 6.65. The molecule has 1 aliphatic rings. The van der Waals surface area contributed by atoms with Crippen LogP contribution in [0, 0.1) is 0 Å². The normalized spacial score (nSPS) is 14.2. The topological polar surface area (TPSA) is 95.9 Å². The minimum Gasteiger partial charge on any atom is -0.482 e. The number of aryl methyl sites for hydroxylation is 1. The van der Waals surface area contributed by atoms with Gasteiger partial charge in [-0.25, -0.2) is 4.79 Å². The monoisotopic (exact) mass is 382 g/mol. The molecule has 1 heterocycles. The molecular weight excluding hydrogens is 360 g/mol. The highest BCUT2D eigenvalue weighted by Gasteiger charge is 2.26. The zero-order valence-electron chi connectivity index (χ0n) is 15.6. The summed E-state index contributed by atoms with van der Waals surface area (Å²) in [6.45, 7) is 1.41. The van der Waals surface area contributed by atoms with Gasteiger partial charge in [0.05, 0.1) is 6.04 Å². The number of carboxylic acids is 1. The Morgan fingerprint density at radius 2 is 1.86 bits per heavy atom. The predicted molar refractivity (Wildman–Crippen MR) is 103 cm³/mol. The SMILES string of the molecule is CC(NC(=O)CN1C(=O)CCc2ccccc21)c1ccc(OCC(=O)O)cc1. The summed E-state index contributed by atoms with van der Waals surface area (Å²) >= 11 is 0. The van der Waals surface area contributed by atoms with Crippen LogP contribution in [0.4, 0.5) is 5.69 Å². The van der Waals surface area contributed by atoms with Crippen LogP contribution in [0.5, 0.6) is 5.75 Å². The highest BCUT2D eigenvalue weighted by Crippen LogP contribution is 2.27. The van der Waals surface area contributed by atoms with Crippen molar-refractivity contribution < 1.29 is 24.2 Å². The first-order valence-corrected chi connectivity index (χ1v) is 9.06. The molecule has 2 amide bonds. The maximum atomic E-state index is 12.5. The lowest BCUT2D eigenvalue weighted by atomic mass is 10.0. The van der Waals surface area contributed by atoms with E-state index in [1.807, 2.05) is 31.2 Å². The molecule has 1 aliphatic heterocycles. The van der Waals surface area contributed by atoms with Gasteiger partial charge < -0.3 is 20.1 Å². The zero-order chi connectivity index (χ0) is 20.1. The van der Waals surface area contributed by atoms with E-state index < -0.39 is 12.6 Å². The summed E-state index contributed by atoms with van der Waals surface area (Å²) in [7, 11) is 0. The summed E-state index contributed by atoms with van der Waals surface area (Å²) in [5.41, 5.74) is 2.71. The van der Waals surface area contributed by atoms with Gasteiger partial charge in [-0.2, -0.15) is 0 Å². The van der Waals surface area contributed by atoms with E-state index in [4.69, 9.17) is 9.84 Å². The number of nitrogens with zero attached hydrogens (tertiary/aromatic N) is 1. The van der Waals surface area contributed by atoms with E-state index in [2.05, 4.69) is 5.32 Å². The van der Waals surface area contributed by atoms with E-state index in [9.17, 15) is 14.4 Å². The molecule has 0 fully saturated rings.